The summed E-state index contributed by atoms with van der Waals surface area (Å²) in [7, 11) is 1.13. The Balaban J connectivity index is 2.92. The molecule has 15 heavy (non-hydrogen) atoms. The summed E-state index contributed by atoms with van der Waals surface area (Å²) in [6.45, 7) is 0. The number of alkyl halides is 3. The molecule has 0 amide bonds. The molecule has 1 aromatic carbocycles. The first kappa shape index (κ1) is 12.5. The standard InChI is InChI=1S/C7H4Cl2F2O3S/c8-7(10,11)14-5-1-3-6(4-2-5)15(9,12)13/h1-4H. The molecule has 0 N–H and O–H groups in total. The van der Waals surface area contributed by atoms with E-state index in [1.54, 1.807) is 0 Å². The molecule has 0 saturated carbocycles. The van der Waals surface area contributed by atoms with E-state index in [0.717, 1.165) is 24.3 Å². The zero-order chi connectivity index (χ0) is 11.7. The van der Waals surface area contributed by atoms with E-state index in [1.807, 2.05) is 0 Å². The van der Waals surface area contributed by atoms with E-state index in [9.17, 15) is 17.2 Å². The highest BCUT2D eigenvalue weighted by atomic mass is 35.7. The quantitative estimate of drug-likeness (QED) is 0.630. The maximum atomic E-state index is 12.1. The zero-order valence-electron chi connectivity index (χ0n) is 6.95. The summed E-state index contributed by atoms with van der Waals surface area (Å²) in [5, 5.41) is 0. The van der Waals surface area contributed by atoms with Gasteiger partial charge in [0.1, 0.15) is 5.75 Å². The van der Waals surface area contributed by atoms with Crippen molar-refractivity contribution < 1.29 is 21.9 Å². The summed E-state index contributed by atoms with van der Waals surface area (Å²) < 4.78 is 49.8. The molecule has 0 unspecified atom stereocenters. The molecule has 8 heteroatoms. The Kier molecular flexibility index (Phi) is 3.42. The third-order valence-electron chi connectivity index (χ3n) is 1.34. The van der Waals surface area contributed by atoms with Crippen LogP contribution in [0.3, 0.4) is 0 Å². The Bertz CT molecular complexity index is 438. The first-order chi connectivity index (χ1) is 6.68. The second-order valence-corrected chi connectivity index (χ2v) is 5.46. The first-order valence-corrected chi connectivity index (χ1v) is 6.18. The minimum atomic E-state index is -3.87. The molecule has 3 nitrogen and oxygen atoms in total. The summed E-state index contributed by atoms with van der Waals surface area (Å²) in [5.41, 5.74) is -3.83. The molecule has 0 radical (unpaired) electrons. The predicted octanol–water partition coefficient (Wildman–Crippen LogP) is 2.78. The van der Waals surface area contributed by atoms with Crippen LogP contribution in [-0.2, 0) is 9.05 Å². The molecule has 0 aliphatic rings. The van der Waals surface area contributed by atoms with Gasteiger partial charge in [0.25, 0.3) is 9.05 Å². The van der Waals surface area contributed by atoms with Crippen molar-refractivity contribution in [2.24, 2.45) is 0 Å². The molecule has 1 aromatic rings. The van der Waals surface area contributed by atoms with E-state index in [2.05, 4.69) is 16.3 Å². The summed E-state index contributed by atoms with van der Waals surface area (Å²) in [4.78, 5) is -0.214. The zero-order valence-corrected chi connectivity index (χ0v) is 9.28. The summed E-state index contributed by atoms with van der Waals surface area (Å²) in [6, 6.07) is 4.09. The molecule has 0 heterocycles. The van der Waals surface area contributed by atoms with Gasteiger partial charge in [-0.1, -0.05) is 0 Å². The van der Waals surface area contributed by atoms with Gasteiger partial charge in [0, 0.05) is 22.3 Å². The average Bonchev–Trinajstić information content (AvgIpc) is 2.00. The van der Waals surface area contributed by atoms with Crippen LogP contribution < -0.4 is 4.74 Å². The second kappa shape index (κ2) is 4.11. The van der Waals surface area contributed by atoms with Crippen LogP contribution in [0.4, 0.5) is 8.78 Å². The number of hydrogen-bond acceptors (Lipinski definition) is 3. The normalized spacial score (nSPS) is 12.5. The van der Waals surface area contributed by atoms with Gasteiger partial charge >= 0.3 is 5.57 Å². The van der Waals surface area contributed by atoms with Gasteiger partial charge in [-0.05, 0) is 24.3 Å². The van der Waals surface area contributed by atoms with Gasteiger partial charge in [-0.25, -0.2) is 8.42 Å². The van der Waals surface area contributed by atoms with Gasteiger partial charge < -0.3 is 4.74 Å². The van der Waals surface area contributed by atoms with Crippen molar-refractivity contribution in [1.29, 1.82) is 0 Å². The lowest BCUT2D eigenvalue weighted by atomic mass is 10.3. The van der Waals surface area contributed by atoms with Crippen LogP contribution in [0.2, 0.25) is 0 Å². The number of halogens is 4. The van der Waals surface area contributed by atoms with Crippen LogP contribution in [0.15, 0.2) is 29.2 Å². The highest BCUT2D eigenvalue weighted by Gasteiger charge is 2.27. The van der Waals surface area contributed by atoms with Gasteiger partial charge in [0.05, 0.1) is 4.90 Å². The summed E-state index contributed by atoms with van der Waals surface area (Å²) in [6.07, 6.45) is 0. The van der Waals surface area contributed by atoms with E-state index < -0.39 is 14.6 Å². The number of hydrogen-bond donors (Lipinski definition) is 0. The van der Waals surface area contributed by atoms with E-state index in [0.29, 0.717) is 0 Å². The molecule has 0 aromatic heterocycles. The third kappa shape index (κ3) is 4.19. The fourth-order valence-electron chi connectivity index (χ4n) is 0.804. The van der Waals surface area contributed by atoms with Crippen LogP contribution in [0.25, 0.3) is 0 Å². The second-order valence-electron chi connectivity index (χ2n) is 2.46. The van der Waals surface area contributed by atoms with Crippen molar-refractivity contribution in [2.45, 2.75) is 10.5 Å². The molecule has 0 fully saturated rings. The minimum absolute atomic E-state index is 0.214. The third-order valence-corrected chi connectivity index (χ3v) is 2.79. The molecule has 0 aliphatic heterocycles. The average molecular weight is 277 g/mol. The van der Waals surface area contributed by atoms with Gasteiger partial charge in [-0.3, -0.25) is 0 Å². The molecular weight excluding hydrogens is 273 g/mol. The van der Waals surface area contributed by atoms with Crippen molar-refractivity contribution in [3.63, 3.8) is 0 Å². The monoisotopic (exact) mass is 276 g/mol. The molecule has 1 rings (SSSR count). The topological polar surface area (TPSA) is 43.4 Å². The van der Waals surface area contributed by atoms with E-state index in [4.69, 9.17) is 10.7 Å². The van der Waals surface area contributed by atoms with Crippen molar-refractivity contribution in [1.82, 2.24) is 0 Å². The van der Waals surface area contributed by atoms with Crippen LogP contribution in [0, 0.1) is 0 Å². The number of ether oxygens (including phenoxy) is 1. The molecule has 0 bridgehead atoms. The van der Waals surface area contributed by atoms with Crippen molar-refractivity contribution in [2.75, 3.05) is 0 Å². The largest absolute Gasteiger partial charge is 0.487 e. The molecule has 84 valence electrons. The van der Waals surface area contributed by atoms with Crippen LogP contribution in [0.1, 0.15) is 0 Å². The number of rotatable bonds is 3. The highest BCUT2D eigenvalue weighted by molar-refractivity contribution is 8.13. The maximum absolute atomic E-state index is 12.1. The van der Waals surface area contributed by atoms with Gasteiger partial charge in [0.15, 0.2) is 0 Å². The molecule has 0 aliphatic carbocycles. The molecular formula is C7H4Cl2F2O3S. The lowest BCUT2D eigenvalue weighted by Crippen LogP contribution is -2.15. The van der Waals surface area contributed by atoms with Crippen molar-refractivity contribution in [3.05, 3.63) is 24.3 Å². The van der Waals surface area contributed by atoms with Gasteiger partial charge in [0.2, 0.25) is 0 Å². The van der Waals surface area contributed by atoms with E-state index >= 15 is 0 Å². The van der Waals surface area contributed by atoms with E-state index in [-0.39, 0.29) is 10.6 Å². The van der Waals surface area contributed by atoms with Crippen molar-refractivity contribution >= 4 is 31.3 Å². The summed E-state index contributed by atoms with van der Waals surface area (Å²) in [5.74, 6) is -0.265. The Hall–Kier alpha value is -0.590. The first-order valence-electron chi connectivity index (χ1n) is 3.49. The predicted molar refractivity (Wildman–Crippen MR) is 50.9 cm³/mol. The van der Waals surface area contributed by atoms with Crippen LogP contribution >= 0.6 is 22.3 Å². The maximum Gasteiger partial charge on any atom is 0.487 e. The lowest BCUT2D eigenvalue weighted by Gasteiger charge is -2.10. The van der Waals surface area contributed by atoms with E-state index in [1.165, 1.54) is 0 Å². The fraction of sp³-hybridized carbons (Fsp3) is 0.143. The Morgan fingerprint density at radius 3 is 2.00 bits per heavy atom. The molecule has 0 atom stereocenters. The molecule has 0 saturated heterocycles. The smallest absolute Gasteiger partial charge is 0.420 e. The Morgan fingerprint density at radius 2 is 1.67 bits per heavy atom. The fourth-order valence-corrected chi connectivity index (χ4v) is 1.66. The van der Waals surface area contributed by atoms with Gasteiger partial charge in [-0.2, -0.15) is 0 Å². The minimum Gasteiger partial charge on any atom is -0.420 e. The van der Waals surface area contributed by atoms with Crippen LogP contribution in [-0.4, -0.2) is 14.0 Å². The Morgan fingerprint density at radius 1 is 1.20 bits per heavy atom. The molecule has 0 spiro atoms. The SMILES string of the molecule is O=S(=O)(Cl)c1ccc(OC(F)(F)Cl)cc1. The highest BCUT2D eigenvalue weighted by Crippen LogP contribution is 2.26. The van der Waals surface area contributed by atoms with Crippen LogP contribution in [0.5, 0.6) is 5.75 Å². The lowest BCUT2D eigenvalue weighted by molar-refractivity contribution is -0.0964. The summed E-state index contributed by atoms with van der Waals surface area (Å²) >= 11 is 4.50. The van der Waals surface area contributed by atoms with Crippen molar-refractivity contribution in [3.8, 4) is 5.75 Å². The Labute approximate surface area is 94.0 Å². The number of benzene rings is 1. The van der Waals surface area contributed by atoms with Gasteiger partial charge in [-0.15, -0.1) is 8.78 Å².